The van der Waals surface area contributed by atoms with Crippen LogP contribution in [0, 0.1) is 11.8 Å². The van der Waals surface area contributed by atoms with E-state index in [1.165, 1.54) is 0 Å². The number of rotatable bonds is 3. The fourth-order valence-electron chi connectivity index (χ4n) is 5.30. The molecule has 6 atom stereocenters. The number of alkyl halides is 2. The first-order chi connectivity index (χ1) is 15.2. The molecule has 0 bridgehead atoms. The highest BCUT2D eigenvalue weighted by atomic mass is 19.2. The zero-order valence-electron chi connectivity index (χ0n) is 19.4. The molecule has 1 amide bonds. The van der Waals surface area contributed by atoms with E-state index in [1.54, 1.807) is 4.90 Å². The summed E-state index contributed by atoms with van der Waals surface area (Å²) in [6.07, 6.45) is -1.28. The summed E-state index contributed by atoms with van der Waals surface area (Å²) in [5.41, 5.74) is 2.58. The van der Waals surface area contributed by atoms with Gasteiger partial charge in [0.2, 0.25) is 0 Å². The standard InChI is InChI=1S/C22H38F2N4O4/c1-22(2,3)31-21(29)28-6-4-14(5-7-28)19-25-20(32-26-19)15-12-16(23)18(24)17(13-15)27-8-10-30-11-9-27/h14-20,25-26H,4-13H2,1-3H3. The van der Waals surface area contributed by atoms with Gasteiger partial charge in [-0.05, 0) is 52.4 Å². The lowest BCUT2D eigenvalue weighted by Gasteiger charge is -2.43. The third-order valence-corrected chi connectivity index (χ3v) is 7.06. The zero-order chi connectivity index (χ0) is 22.9. The SMILES string of the molecule is CC(C)(C)OC(=O)N1CCC(C2NOC(C3CC(F)C(F)C(N4CCOCC4)C3)N2)CC1. The number of morpholine rings is 1. The van der Waals surface area contributed by atoms with Gasteiger partial charge in [-0.15, -0.1) is 0 Å². The second-order valence-electron chi connectivity index (χ2n) is 10.5. The number of hydrogen-bond acceptors (Lipinski definition) is 7. The second kappa shape index (κ2) is 10.0. The van der Waals surface area contributed by atoms with Crippen molar-refractivity contribution in [1.82, 2.24) is 20.6 Å². The fourth-order valence-corrected chi connectivity index (χ4v) is 5.30. The van der Waals surface area contributed by atoms with Gasteiger partial charge in [-0.1, -0.05) is 0 Å². The highest BCUT2D eigenvalue weighted by molar-refractivity contribution is 5.68. The van der Waals surface area contributed by atoms with Crippen LogP contribution in [-0.2, 0) is 14.3 Å². The lowest BCUT2D eigenvalue weighted by atomic mass is 9.81. The third kappa shape index (κ3) is 5.70. The molecule has 1 saturated carbocycles. The van der Waals surface area contributed by atoms with Crippen LogP contribution in [0.5, 0.6) is 0 Å². The Labute approximate surface area is 189 Å². The van der Waals surface area contributed by atoms with E-state index < -0.39 is 24.0 Å². The molecular weight excluding hydrogens is 422 g/mol. The van der Waals surface area contributed by atoms with Gasteiger partial charge in [0.25, 0.3) is 0 Å². The number of amides is 1. The molecule has 3 heterocycles. The molecule has 0 spiro atoms. The van der Waals surface area contributed by atoms with Crippen LogP contribution in [0.4, 0.5) is 13.6 Å². The average molecular weight is 461 g/mol. The number of hydroxylamine groups is 1. The number of likely N-dealkylation sites (tertiary alicyclic amines) is 1. The summed E-state index contributed by atoms with van der Waals surface area (Å²) in [4.78, 5) is 21.9. The maximum Gasteiger partial charge on any atom is 0.410 e. The van der Waals surface area contributed by atoms with E-state index in [0.717, 1.165) is 12.8 Å². The van der Waals surface area contributed by atoms with Gasteiger partial charge in [0.05, 0.1) is 19.4 Å². The molecular formula is C22H38F2N4O4. The van der Waals surface area contributed by atoms with Crippen LogP contribution >= 0.6 is 0 Å². The number of carbonyl (C=O) groups excluding carboxylic acids is 1. The smallest absolute Gasteiger partial charge is 0.410 e. The Balaban J connectivity index is 1.27. The normalized spacial score (nSPS) is 38.1. The van der Waals surface area contributed by atoms with Crippen molar-refractivity contribution in [2.24, 2.45) is 11.8 Å². The number of nitrogens with one attached hydrogen (secondary N) is 2. The Hall–Kier alpha value is -1.07. The van der Waals surface area contributed by atoms with Crippen molar-refractivity contribution in [3.05, 3.63) is 0 Å². The minimum absolute atomic E-state index is 0.0659. The molecule has 3 saturated heterocycles. The summed E-state index contributed by atoms with van der Waals surface area (Å²) < 4.78 is 40.1. The zero-order valence-corrected chi connectivity index (χ0v) is 19.4. The van der Waals surface area contributed by atoms with Crippen LogP contribution in [0.15, 0.2) is 0 Å². The largest absolute Gasteiger partial charge is 0.444 e. The van der Waals surface area contributed by atoms with Gasteiger partial charge in [-0.25, -0.2) is 13.6 Å². The Morgan fingerprint density at radius 1 is 1.03 bits per heavy atom. The minimum Gasteiger partial charge on any atom is -0.444 e. The maximum absolute atomic E-state index is 14.7. The number of carbonyl (C=O) groups is 1. The van der Waals surface area contributed by atoms with Crippen LogP contribution in [0.25, 0.3) is 0 Å². The van der Waals surface area contributed by atoms with E-state index in [2.05, 4.69) is 10.8 Å². The van der Waals surface area contributed by atoms with Gasteiger partial charge < -0.3 is 14.4 Å². The molecule has 0 aromatic rings. The Bertz CT molecular complexity index is 638. The monoisotopic (exact) mass is 460 g/mol. The second-order valence-corrected chi connectivity index (χ2v) is 10.5. The molecule has 4 aliphatic rings. The van der Waals surface area contributed by atoms with Crippen molar-refractivity contribution < 1.29 is 27.9 Å². The molecule has 0 radical (unpaired) electrons. The summed E-state index contributed by atoms with van der Waals surface area (Å²) in [6.45, 7) is 9.26. The van der Waals surface area contributed by atoms with Gasteiger partial charge in [0.15, 0.2) is 0 Å². The molecule has 184 valence electrons. The summed E-state index contributed by atoms with van der Waals surface area (Å²) in [7, 11) is 0. The topological polar surface area (TPSA) is 75.3 Å². The van der Waals surface area contributed by atoms with Crippen LogP contribution in [-0.4, -0.2) is 91.7 Å². The van der Waals surface area contributed by atoms with Gasteiger partial charge in [-0.2, -0.15) is 5.48 Å². The number of hydrogen-bond donors (Lipinski definition) is 2. The Kier molecular flexibility index (Phi) is 7.56. The maximum atomic E-state index is 14.7. The van der Waals surface area contributed by atoms with Gasteiger partial charge in [0.1, 0.15) is 24.2 Å². The number of piperidine rings is 1. The summed E-state index contributed by atoms with van der Waals surface area (Å²) in [5, 5.41) is 3.47. The first-order valence-electron chi connectivity index (χ1n) is 12.0. The van der Waals surface area contributed by atoms with E-state index in [-0.39, 0.29) is 36.7 Å². The van der Waals surface area contributed by atoms with Gasteiger partial charge in [-0.3, -0.25) is 15.1 Å². The molecule has 10 heteroatoms. The van der Waals surface area contributed by atoms with Crippen molar-refractivity contribution in [1.29, 1.82) is 0 Å². The number of halogens is 2. The summed E-state index contributed by atoms with van der Waals surface area (Å²) in [5.74, 6) is 0.177. The van der Waals surface area contributed by atoms with Crippen LogP contribution in [0.1, 0.15) is 46.5 Å². The highest BCUT2D eigenvalue weighted by Gasteiger charge is 2.46. The lowest BCUT2D eigenvalue weighted by Crippen LogP contribution is -2.56. The van der Waals surface area contributed by atoms with E-state index in [1.807, 2.05) is 25.7 Å². The molecule has 6 unspecified atom stereocenters. The highest BCUT2D eigenvalue weighted by Crippen LogP contribution is 2.36. The van der Waals surface area contributed by atoms with E-state index >= 15 is 0 Å². The van der Waals surface area contributed by atoms with Crippen molar-refractivity contribution in [2.75, 3.05) is 39.4 Å². The fraction of sp³-hybridized carbons (Fsp3) is 0.955. The molecule has 4 fully saturated rings. The number of ether oxygens (including phenoxy) is 2. The van der Waals surface area contributed by atoms with Crippen LogP contribution in [0.2, 0.25) is 0 Å². The molecule has 8 nitrogen and oxygen atoms in total. The lowest BCUT2D eigenvalue weighted by molar-refractivity contribution is -0.0823. The molecule has 32 heavy (non-hydrogen) atoms. The predicted octanol–water partition coefficient (Wildman–Crippen LogP) is 2.20. The molecule has 0 aromatic carbocycles. The quantitative estimate of drug-likeness (QED) is 0.669. The Morgan fingerprint density at radius 2 is 1.72 bits per heavy atom. The van der Waals surface area contributed by atoms with E-state index in [9.17, 15) is 13.6 Å². The molecule has 1 aliphatic carbocycles. The van der Waals surface area contributed by atoms with Crippen molar-refractivity contribution in [3.8, 4) is 0 Å². The third-order valence-electron chi connectivity index (χ3n) is 7.06. The first-order valence-corrected chi connectivity index (χ1v) is 12.0. The predicted molar refractivity (Wildman–Crippen MR) is 114 cm³/mol. The molecule has 3 aliphatic heterocycles. The van der Waals surface area contributed by atoms with Crippen molar-refractivity contribution in [3.63, 3.8) is 0 Å². The first kappa shape index (κ1) is 24.1. The summed E-state index contributed by atoms with van der Waals surface area (Å²) >= 11 is 0. The minimum atomic E-state index is -1.48. The Morgan fingerprint density at radius 3 is 2.38 bits per heavy atom. The average Bonchev–Trinajstić information content (AvgIpc) is 3.25. The van der Waals surface area contributed by atoms with Crippen LogP contribution < -0.4 is 10.8 Å². The molecule has 2 N–H and O–H groups in total. The van der Waals surface area contributed by atoms with Gasteiger partial charge >= 0.3 is 6.09 Å². The number of nitrogens with zero attached hydrogens (tertiary/aromatic N) is 2. The van der Waals surface area contributed by atoms with E-state index in [4.69, 9.17) is 14.3 Å². The van der Waals surface area contributed by atoms with E-state index in [0.29, 0.717) is 45.8 Å². The molecule has 0 aromatic heterocycles. The van der Waals surface area contributed by atoms with Gasteiger partial charge in [0, 0.05) is 38.1 Å². The van der Waals surface area contributed by atoms with Crippen LogP contribution in [0.3, 0.4) is 0 Å². The molecule has 4 rings (SSSR count). The van der Waals surface area contributed by atoms with Crippen molar-refractivity contribution >= 4 is 6.09 Å². The summed E-state index contributed by atoms with van der Waals surface area (Å²) in [6, 6.07) is -0.436. The van der Waals surface area contributed by atoms with Crippen molar-refractivity contribution in [2.45, 2.75) is 82.8 Å².